The lowest BCUT2D eigenvalue weighted by Gasteiger charge is -2.10. The second kappa shape index (κ2) is 1.45. The predicted octanol–water partition coefficient (Wildman–Crippen LogP) is 0.299. The lowest BCUT2D eigenvalue weighted by Crippen LogP contribution is -2.20. The van der Waals surface area contributed by atoms with Gasteiger partial charge in [-0.05, 0) is 19.3 Å². The maximum Gasteiger partial charge on any atom is 0.110 e. The summed E-state index contributed by atoms with van der Waals surface area (Å²) in [5, 5.41) is 9.09. The molecule has 8 heavy (non-hydrogen) atoms. The predicted molar refractivity (Wildman–Crippen MR) is 28.5 cm³/mol. The first-order valence-corrected chi connectivity index (χ1v) is 3.21. The van der Waals surface area contributed by atoms with Crippen molar-refractivity contribution in [3.05, 3.63) is 0 Å². The Morgan fingerprint density at radius 3 is 2.88 bits per heavy atom. The molecule has 1 aliphatic heterocycles. The molecule has 2 nitrogen and oxygen atoms in total. The second-order valence-corrected chi connectivity index (χ2v) is 2.64. The first-order chi connectivity index (χ1) is 3.88. The van der Waals surface area contributed by atoms with Crippen LogP contribution in [0.2, 0.25) is 0 Å². The summed E-state index contributed by atoms with van der Waals surface area (Å²) in [6, 6.07) is 0. The molecule has 0 aromatic carbocycles. The summed E-state index contributed by atoms with van der Waals surface area (Å²) in [4.78, 5) is 0. The molecule has 1 saturated heterocycles. The average Bonchev–Trinajstić information content (AvgIpc) is 2.45. The molecular weight excluding hydrogens is 104 g/mol. The van der Waals surface area contributed by atoms with Crippen LogP contribution in [-0.4, -0.2) is 23.4 Å². The molecule has 0 bridgehead atoms. The van der Waals surface area contributed by atoms with Gasteiger partial charge in [-0.3, -0.25) is 0 Å². The Hall–Kier alpha value is -0.0800. The van der Waals surface area contributed by atoms with Crippen molar-refractivity contribution in [3.63, 3.8) is 0 Å². The minimum absolute atomic E-state index is 0.145. The van der Waals surface area contributed by atoms with Crippen molar-refractivity contribution in [3.8, 4) is 0 Å². The van der Waals surface area contributed by atoms with E-state index in [1.807, 2.05) is 0 Å². The standard InChI is InChI=1S/C6H10O2/c7-4-2-1-3-5-6(4)8-5/h4-7H,1-3H2/t4-,5+,6+/m1/s1. The van der Waals surface area contributed by atoms with Gasteiger partial charge in [-0.25, -0.2) is 0 Å². The Balaban J connectivity index is 1.99. The second-order valence-electron chi connectivity index (χ2n) is 2.64. The van der Waals surface area contributed by atoms with Crippen molar-refractivity contribution in [1.82, 2.24) is 0 Å². The molecule has 46 valence electrons. The molecule has 2 rings (SSSR count). The number of ether oxygens (including phenoxy) is 1. The van der Waals surface area contributed by atoms with E-state index in [1.54, 1.807) is 0 Å². The van der Waals surface area contributed by atoms with Crippen molar-refractivity contribution >= 4 is 0 Å². The molecule has 0 amide bonds. The van der Waals surface area contributed by atoms with E-state index in [4.69, 9.17) is 9.84 Å². The number of rotatable bonds is 0. The van der Waals surface area contributed by atoms with E-state index in [0.29, 0.717) is 6.10 Å². The van der Waals surface area contributed by atoms with E-state index in [2.05, 4.69) is 0 Å². The highest BCUT2D eigenvalue weighted by molar-refractivity contribution is 4.94. The van der Waals surface area contributed by atoms with Crippen LogP contribution in [0.3, 0.4) is 0 Å². The van der Waals surface area contributed by atoms with Crippen LogP contribution in [0.1, 0.15) is 19.3 Å². The van der Waals surface area contributed by atoms with E-state index >= 15 is 0 Å². The van der Waals surface area contributed by atoms with Crippen LogP contribution in [0.15, 0.2) is 0 Å². The lowest BCUT2D eigenvalue weighted by atomic mass is 9.98. The van der Waals surface area contributed by atoms with Crippen molar-refractivity contribution in [2.24, 2.45) is 0 Å². The third-order valence-corrected chi connectivity index (χ3v) is 1.99. The number of hydrogen-bond acceptors (Lipinski definition) is 2. The fourth-order valence-electron chi connectivity index (χ4n) is 1.42. The minimum atomic E-state index is -0.145. The highest BCUT2D eigenvalue weighted by Crippen LogP contribution is 2.36. The van der Waals surface area contributed by atoms with E-state index in [0.717, 1.165) is 12.8 Å². The van der Waals surface area contributed by atoms with Crippen molar-refractivity contribution < 1.29 is 9.84 Å². The third-order valence-electron chi connectivity index (χ3n) is 1.99. The Labute approximate surface area is 48.5 Å². The van der Waals surface area contributed by atoms with Gasteiger partial charge in [0.25, 0.3) is 0 Å². The molecule has 0 aromatic heterocycles. The van der Waals surface area contributed by atoms with Gasteiger partial charge in [0, 0.05) is 0 Å². The largest absolute Gasteiger partial charge is 0.390 e. The molecule has 0 unspecified atom stereocenters. The summed E-state index contributed by atoms with van der Waals surface area (Å²) in [6.45, 7) is 0. The summed E-state index contributed by atoms with van der Waals surface area (Å²) in [5.41, 5.74) is 0. The van der Waals surface area contributed by atoms with Crippen molar-refractivity contribution in [2.45, 2.75) is 37.6 Å². The van der Waals surface area contributed by atoms with Crippen LogP contribution in [0.25, 0.3) is 0 Å². The maximum atomic E-state index is 9.09. The van der Waals surface area contributed by atoms with Crippen LogP contribution in [0, 0.1) is 0 Å². The number of aliphatic hydroxyl groups is 1. The monoisotopic (exact) mass is 114 g/mol. The van der Waals surface area contributed by atoms with Gasteiger partial charge in [-0.2, -0.15) is 0 Å². The molecule has 3 atom stereocenters. The van der Waals surface area contributed by atoms with Crippen LogP contribution < -0.4 is 0 Å². The van der Waals surface area contributed by atoms with E-state index in [-0.39, 0.29) is 12.2 Å². The Bertz CT molecular complexity index is 103. The third kappa shape index (κ3) is 0.565. The van der Waals surface area contributed by atoms with Gasteiger partial charge in [0.1, 0.15) is 6.10 Å². The molecular formula is C6H10O2. The summed E-state index contributed by atoms with van der Waals surface area (Å²) in [7, 11) is 0. The minimum Gasteiger partial charge on any atom is -0.390 e. The fraction of sp³-hybridized carbons (Fsp3) is 1.00. The normalized spacial score (nSPS) is 52.9. The Morgan fingerprint density at radius 2 is 2.25 bits per heavy atom. The maximum absolute atomic E-state index is 9.09. The molecule has 0 aromatic rings. The van der Waals surface area contributed by atoms with Gasteiger partial charge in [0.05, 0.1) is 12.2 Å². The van der Waals surface area contributed by atoms with Gasteiger partial charge in [0.15, 0.2) is 0 Å². The van der Waals surface area contributed by atoms with Crippen molar-refractivity contribution in [1.29, 1.82) is 0 Å². The van der Waals surface area contributed by atoms with Crippen LogP contribution in [-0.2, 0) is 4.74 Å². The molecule has 2 fully saturated rings. The zero-order chi connectivity index (χ0) is 5.56. The highest BCUT2D eigenvalue weighted by atomic mass is 16.6. The lowest BCUT2D eigenvalue weighted by molar-refractivity contribution is 0.124. The number of hydrogen-bond donors (Lipinski definition) is 1. The molecule has 1 heterocycles. The summed E-state index contributed by atoms with van der Waals surface area (Å²) in [6.07, 6.45) is 3.77. The fourth-order valence-corrected chi connectivity index (χ4v) is 1.42. The van der Waals surface area contributed by atoms with Gasteiger partial charge in [0.2, 0.25) is 0 Å². The summed E-state index contributed by atoms with van der Waals surface area (Å²) < 4.78 is 5.14. The Kier molecular flexibility index (Phi) is 0.866. The summed E-state index contributed by atoms with van der Waals surface area (Å²) in [5.74, 6) is 0. The van der Waals surface area contributed by atoms with E-state index in [1.165, 1.54) is 6.42 Å². The summed E-state index contributed by atoms with van der Waals surface area (Å²) >= 11 is 0. The highest BCUT2D eigenvalue weighted by Gasteiger charge is 2.46. The first-order valence-electron chi connectivity index (χ1n) is 3.21. The van der Waals surface area contributed by atoms with Crippen LogP contribution in [0.4, 0.5) is 0 Å². The Morgan fingerprint density at radius 1 is 1.38 bits per heavy atom. The number of aliphatic hydroxyl groups excluding tert-OH is 1. The van der Waals surface area contributed by atoms with Crippen LogP contribution >= 0.6 is 0 Å². The molecule has 0 radical (unpaired) electrons. The first kappa shape index (κ1) is 4.77. The molecule has 1 aliphatic carbocycles. The van der Waals surface area contributed by atoms with Gasteiger partial charge < -0.3 is 9.84 Å². The van der Waals surface area contributed by atoms with Gasteiger partial charge >= 0.3 is 0 Å². The zero-order valence-electron chi connectivity index (χ0n) is 4.71. The number of epoxide rings is 1. The van der Waals surface area contributed by atoms with E-state index in [9.17, 15) is 0 Å². The van der Waals surface area contributed by atoms with Gasteiger partial charge in [-0.15, -0.1) is 0 Å². The molecule has 1 N–H and O–H groups in total. The SMILES string of the molecule is O[C@@H]1CCC[C@@H]2O[C@@H]12. The van der Waals surface area contributed by atoms with Gasteiger partial charge in [-0.1, -0.05) is 0 Å². The van der Waals surface area contributed by atoms with Crippen molar-refractivity contribution in [2.75, 3.05) is 0 Å². The molecule has 2 aliphatic rings. The number of fused-ring (bicyclic) bond motifs is 1. The zero-order valence-corrected chi connectivity index (χ0v) is 4.71. The smallest absolute Gasteiger partial charge is 0.110 e. The molecule has 1 saturated carbocycles. The molecule has 0 spiro atoms. The average molecular weight is 114 g/mol. The topological polar surface area (TPSA) is 32.8 Å². The molecule has 2 heteroatoms. The van der Waals surface area contributed by atoms with Crippen LogP contribution in [0.5, 0.6) is 0 Å². The quantitative estimate of drug-likeness (QED) is 0.459. The van der Waals surface area contributed by atoms with E-state index < -0.39 is 0 Å².